The van der Waals surface area contributed by atoms with E-state index in [1.165, 1.54) is 32.1 Å². The lowest BCUT2D eigenvalue weighted by atomic mass is 9.42. The minimum Gasteiger partial charge on any atom is -0.218 e. The lowest BCUT2D eigenvalue weighted by molar-refractivity contribution is -0.0446. The second-order valence-electron chi connectivity index (χ2n) is 17.2. The van der Waals surface area contributed by atoms with Gasteiger partial charge in [-0.1, -0.05) is 146 Å². The standard InChI is InChI=1S/C53H41N3O2S/c57-59(58)48-18-10-9-17-46(48)53(40-28-33-27-34(30-40)31-41(53)29-33)47-26-23-39(32-49(47)59)42-24-25-45(44-16-8-7-15-43(42)44)52-55-50(37-13-5-2-6-14-37)54-51(56-52)38-21-19-36(20-22-38)35-11-3-1-4-12-35/h1-26,32-34,40-41H,27-31H2. The Hall–Kier alpha value is -6.24. The summed E-state index contributed by atoms with van der Waals surface area (Å²) >= 11 is 0. The summed E-state index contributed by atoms with van der Waals surface area (Å²) in [5.74, 6) is 4.25. The van der Waals surface area contributed by atoms with Gasteiger partial charge >= 0.3 is 0 Å². The third-order valence-corrected chi connectivity index (χ3v) is 16.0. The molecule has 8 aromatic rings. The Bertz CT molecular complexity index is 3040. The molecule has 1 aliphatic heterocycles. The molecule has 6 heteroatoms. The molecule has 0 N–H and O–H groups in total. The molecule has 59 heavy (non-hydrogen) atoms. The molecular formula is C53H41N3O2S. The first-order valence-corrected chi connectivity index (χ1v) is 22.4. The molecule has 5 nitrogen and oxygen atoms in total. The van der Waals surface area contributed by atoms with Gasteiger partial charge in [-0.3, -0.25) is 0 Å². The number of aromatic nitrogens is 3. The van der Waals surface area contributed by atoms with Gasteiger partial charge in [0, 0.05) is 22.1 Å². The fourth-order valence-corrected chi connectivity index (χ4v) is 13.7. The van der Waals surface area contributed by atoms with Crippen molar-refractivity contribution in [3.8, 4) is 56.4 Å². The number of benzene rings is 7. The van der Waals surface area contributed by atoms with Gasteiger partial charge in [0.25, 0.3) is 0 Å². The normalized spacial score (nSPS) is 23.3. The molecule has 0 amide bonds. The van der Waals surface area contributed by atoms with Crippen molar-refractivity contribution in [2.45, 2.75) is 47.3 Å². The van der Waals surface area contributed by atoms with E-state index >= 15 is 0 Å². The summed E-state index contributed by atoms with van der Waals surface area (Å²) in [5, 5.41) is 2.00. The van der Waals surface area contributed by atoms with E-state index in [-0.39, 0.29) is 5.41 Å². The molecule has 0 atom stereocenters. The van der Waals surface area contributed by atoms with Crippen LogP contribution in [-0.4, -0.2) is 23.4 Å². The van der Waals surface area contributed by atoms with Gasteiger partial charge in [0.2, 0.25) is 9.84 Å². The Kier molecular flexibility index (Phi) is 7.74. The highest BCUT2D eigenvalue weighted by molar-refractivity contribution is 7.91. The highest BCUT2D eigenvalue weighted by atomic mass is 32.2. The van der Waals surface area contributed by atoms with Gasteiger partial charge in [0.05, 0.1) is 9.79 Å². The predicted molar refractivity (Wildman–Crippen MR) is 234 cm³/mol. The summed E-state index contributed by atoms with van der Waals surface area (Å²) in [7, 11) is -3.75. The zero-order valence-electron chi connectivity index (χ0n) is 32.5. The molecule has 1 aromatic heterocycles. The van der Waals surface area contributed by atoms with Gasteiger partial charge in [-0.2, -0.15) is 0 Å². The van der Waals surface area contributed by atoms with Crippen LogP contribution in [-0.2, 0) is 15.3 Å². The van der Waals surface area contributed by atoms with Crippen molar-refractivity contribution < 1.29 is 8.42 Å². The van der Waals surface area contributed by atoms with Crippen molar-refractivity contribution in [1.82, 2.24) is 15.0 Å². The summed E-state index contributed by atoms with van der Waals surface area (Å²) in [6, 6.07) is 55.6. The van der Waals surface area contributed by atoms with Gasteiger partial charge in [-0.25, -0.2) is 23.4 Å². The molecule has 286 valence electrons. The SMILES string of the molecule is O=S1(=O)c2ccccc2C2(c3ccc(-c4ccc(-c5nc(-c6ccccc6)nc(-c6ccc(-c7ccccc7)cc6)n5)c5ccccc45)cc31)C1CC3CC(C1)CC2C3. The number of fused-ring (bicyclic) bond motifs is 3. The largest absolute Gasteiger partial charge is 0.218 e. The minimum absolute atomic E-state index is 0.260. The van der Waals surface area contributed by atoms with Crippen molar-refractivity contribution in [2.75, 3.05) is 0 Å². The van der Waals surface area contributed by atoms with E-state index in [4.69, 9.17) is 15.0 Å². The molecule has 7 aromatic carbocycles. The third-order valence-electron chi connectivity index (χ3n) is 14.2. The smallest absolute Gasteiger partial charge is 0.207 e. The van der Waals surface area contributed by atoms with E-state index < -0.39 is 9.84 Å². The maximum atomic E-state index is 14.8. The second-order valence-corrected chi connectivity index (χ2v) is 19.1. The molecule has 4 aliphatic carbocycles. The maximum Gasteiger partial charge on any atom is 0.207 e. The summed E-state index contributed by atoms with van der Waals surface area (Å²) in [4.78, 5) is 16.2. The number of nitrogens with zero attached hydrogens (tertiary/aromatic N) is 3. The van der Waals surface area contributed by atoms with E-state index in [1.54, 1.807) is 0 Å². The molecule has 1 spiro atoms. The maximum absolute atomic E-state index is 14.8. The quantitative estimate of drug-likeness (QED) is 0.174. The van der Waals surface area contributed by atoms with Crippen LogP contribution < -0.4 is 0 Å². The van der Waals surface area contributed by atoms with E-state index in [0.29, 0.717) is 39.1 Å². The molecule has 0 unspecified atom stereocenters. The highest BCUT2D eigenvalue weighted by Gasteiger charge is 2.62. The molecule has 13 rings (SSSR count). The first kappa shape index (κ1) is 34.8. The number of sulfone groups is 1. The predicted octanol–water partition coefficient (Wildman–Crippen LogP) is 12.2. The second kappa shape index (κ2) is 13.1. The van der Waals surface area contributed by atoms with Crippen LogP contribution in [0.15, 0.2) is 174 Å². The zero-order valence-corrected chi connectivity index (χ0v) is 33.3. The summed E-state index contributed by atoms with van der Waals surface area (Å²) in [6.45, 7) is 0. The van der Waals surface area contributed by atoms with E-state index in [1.807, 2.05) is 84.9 Å². The lowest BCUT2D eigenvalue weighted by Gasteiger charge is -2.63. The molecule has 4 fully saturated rings. The van der Waals surface area contributed by atoms with Crippen LogP contribution in [0.25, 0.3) is 67.2 Å². The molecule has 0 radical (unpaired) electrons. The molecule has 4 bridgehead atoms. The van der Waals surface area contributed by atoms with Gasteiger partial charge in [-0.05, 0) is 118 Å². The van der Waals surface area contributed by atoms with Crippen LogP contribution in [0.4, 0.5) is 0 Å². The van der Waals surface area contributed by atoms with E-state index in [9.17, 15) is 8.42 Å². The van der Waals surface area contributed by atoms with Gasteiger partial charge < -0.3 is 0 Å². The molecule has 5 aliphatic rings. The monoisotopic (exact) mass is 783 g/mol. The van der Waals surface area contributed by atoms with E-state index in [0.717, 1.165) is 72.7 Å². The topological polar surface area (TPSA) is 72.8 Å². The van der Waals surface area contributed by atoms with Crippen molar-refractivity contribution in [2.24, 2.45) is 23.7 Å². The van der Waals surface area contributed by atoms with Gasteiger partial charge in [0.15, 0.2) is 17.5 Å². The van der Waals surface area contributed by atoms with Gasteiger partial charge in [0.1, 0.15) is 0 Å². The molecule has 0 saturated heterocycles. The number of hydrogen-bond donors (Lipinski definition) is 0. The van der Waals surface area contributed by atoms with E-state index in [2.05, 4.69) is 78.9 Å². The van der Waals surface area contributed by atoms with Crippen molar-refractivity contribution >= 4 is 20.6 Å². The fourth-order valence-electron chi connectivity index (χ4n) is 11.9. The Balaban J connectivity index is 1.00. The van der Waals surface area contributed by atoms with Crippen LogP contribution in [0.2, 0.25) is 0 Å². The third kappa shape index (κ3) is 5.28. The van der Waals surface area contributed by atoms with Crippen molar-refractivity contribution in [1.29, 1.82) is 0 Å². The Morgan fingerprint density at radius 1 is 0.407 bits per heavy atom. The minimum atomic E-state index is -3.75. The summed E-state index contributed by atoms with van der Waals surface area (Å²) in [5.41, 5.74) is 8.67. The number of hydrogen-bond acceptors (Lipinski definition) is 5. The average molecular weight is 784 g/mol. The zero-order chi connectivity index (χ0) is 39.3. The van der Waals surface area contributed by atoms with Crippen LogP contribution in [0, 0.1) is 23.7 Å². The van der Waals surface area contributed by atoms with Gasteiger partial charge in [-0.15, -0.1) is 0 Å². The lowest BCUT2D eigenvalue weighted by Crippen LogP contribution is -2.57. The van der Waals surface area contributed by atoms with Crippen LogP contribution in [0.3, 0.4) is 0 Å². The highest BCUT2D eigenvalue weighted by Crippen LogP contribution is 2.68. The Labute approximate surface area is 344 Å². The Morgan fingerprint density at radius 2 is 0.881 bits per heavy atom. The molecular weight excluding hydrogens is 743 g/mol. The fraction of sp³-hybridized carbons (Fsp3) is 0.189. The van der Waals surface area contributed by atoms with Crippen molar-refractivity contribution in [3.05, 3.63) is 175 Å². The number of rotatable bonds is 5. The molecule has 4 saturated carbocycles. The van der Waals surface area contributed by atoms with Crippen LogP contribution in [0.5, 0.6) is 0 Å². The molecule has 2 heterocycles. The van der Waals surface area contributed by atoms with Crippen molar-refractivity contribution in [3.63, 3.8) is 0 Å². The average Bonchev–Trinajstić information content (AvgIpc) is 3.29. The first-order chi connectivity index (χ1) is 28.9. The van der Waals surface area contributed by atoms with Crippen LogP contribution in [0.1, 0.15) is 43.2 Å². The van der Waals surface area contributed by atoms with Crippen LogP contribution >= 0.6 is 0 Å². The summed E-state index contributed by atoms with van der Waals surface area (Å²) in [6.07, 6.45) is 6.12. The first-order valence-electron chi connectivity index (χ1n) is 20.9. The summed E-state index contributed by atoms with van der Waals surface area (Å²) < 4.78 is 29.5. The Morgan fingerprint density at radius 3 is 1.56 bits per heavy atom.